The Morgan fingerprint density at radius 3 is 2.38 bits per heavy atom. The molecule has 0 saturated carbocycles. The molecule has 1 fully saturated rings. The Morgan fingerprint density at radius 1 is 1.10 bits per heavy atom. The predicted molar refractivity (Wildman–Crippen MR) is 171 cm³/mol. The summed E-state index contributed by atoms with van der Waals surface area (Å²) in [5.74, 6) is 1.45. The number of carbonyl (C=O) groups is 1. The maximum atomic E-state index is 12.7. The van der Waals surface area contributed by atoms with Crippen molar-refractivity contribution in [3.05, 3.63) is 35.6 Å². The molecule has 0 N–H and O–H groups in total. The molecule has 0 aliphatic carbocycles. The summed E-state index contributed by atoms with van der Waals surface area (Å²) in [5, 5.41) is 0.193. The summed E-state index contributed by atoms with van der Waals surface area (Å²) >= 11 is 6.38. The topological polar surface area (TPSA) is 86.3 Å². The van der Waals surface area contributed by atoms with Crippen LogP contribution >= 0.6 is 11.6 Å². The van der Waals surface area contributed by atoms with Gasteiger partial charge in [-0.3, -0.25) is 0 Å². The lowest BCUT2D eigenvalue weighted by Gasteiger charge is -2.40. The third kappa shape index (κ3) is 9.82. The zero-order valence-corrected chi connectivity index (χ0v) is 28.7. The van der Waals surface area contributed by atoms with Crippen molar-refractivity contribution >= 4 is 31.8 Å². The summed E-state index contributed by atoms with van der Waals surface area (Å²) < 4.78 is 24.1. The van der Waals surface area contributed by atoms with Crippen LogP contribution in [0, 0.1) is 0 Å². The Balaban J connectivity index is 1.78. The molecule has 234 valence electrons. The third-order valence-corrected chi connectivity index (χ3v) is 12.5. The summed E-state index contributed by atoms with van der Waals surface area (Å²) in [4.78, 5) is 25.4. The van der Waals surface area contributed by atoms with E-state index in [-0.39, 0.29) is 23.0 Å². The van der Waals surface area contributed by atoms with Gasteiger partial charge in [-0.25, -0.2) is 14.8 Å². The number of anilines is 1. The lowest BCUT2D eigenvalue weighted by atomic mass is 10.1. The van der Waals surface area contributed by atoms with E-state index in [2.05, 4.69) is 48.7 Å². The molecule has 1 saturated heterocycles. The molecule has 0 bridgehead atoms. The van der Waals surface area contributed by atoms with Gasteiger partial charge in [0.25, 0.3) is 0 Å². The van der Waals surface area contributed by atoms with Crippen LogP contribution in [-0.2, 0) is 13.9 Å². The standard InChI is InChI=1S/C31H49ClN4O5Si/c1-30(2,3)40-29(37)35(7)20-25(41-42(9,10)31(4,5)6)21-39-24-13-11-12-22(18-24)26-19-27(34-28(32)33-26)36(8)23-14-16-38-17-15-23/h11-13,18-19,23,25H,14-17,20-21H2,1-10H3. The number of rotatable bonds is 10. The molecule has 1 aromatic carbocycles. The molecule has 0 radical (unpaired) electrons. The number of carbonyl (C=O) groups excluding carboxylic acids is 1. The van der Waals surface area contributed by atoms with Gasteiger partial charge in [-0.05, 0) is 75.5 Å². The molecule has 9 nitrogen and oxygen atoms in total. The summed E-state index contributed by atoms with van der Waals surface area (Å²) in [6, 6.07) is 10.0. The smallest absolute Gasteiger partial charge is 0.410 e. The minimum atomic E-state index is -2.16. The highest BCUT2D eigenvalue weighted by Gasteiger charge is 2.40. The highest BCUT2D eigenvalue weighted by molar-refractivity contribution is 6.74. The Kier molecular flexibility index (Phi) is 11.3. The van der Waals surface area contributed by atoms with Crippen LogP contribution in [0.5, 0.6) is 5.75 Å². The van der Waals surface area contributed by atoms with E-state index < -0.39 is 20.0 Å². The Hall–Kier alpha value is -2.40. The molecule has 11 heteroatoms. The third-order valence-electron chi connectivity index (χ3n) is 7.80. The first-order chi connectivity index (χ1) is 19.4. The lowest BCUT2D eigenvalue weighted by Crippen LogP contribution is -2.49. The summed E-state index contributed by atoms with van der Waals surface area (Å²) in [5.41, 5.74) is 1.00. The minimum absolute atomic E-state index is 0.00252. The van der Waals surface area contributed by atoms with Crippen LogP contribution < -0.4 is 9.64 Å². The van der Waals surface area contributed by atoms with E-state index in [0.717, 1.165) is 37.4 Å². The van der Waals surface area contributed by atoms with Crippen LogP contribution in [0.3, 0.4) is 0 Å². The second kappa shape index (κ2) is 13.9. The van der Waals surface area contributed by atoms with Gasteiger partial charge < -0.3 is 28.4 Å². The summed E-state index contributed by atoms with van der Waals surface area (Å²) in [7, 11) is 1.60. The average molecular weight is 621 g/mol. The van der Waals surface area contributed by atoms with Crippen LogP contribution in [0.4, 0.5) is 10.6 Å². The molecular formula is C31H49ClN4O5Si. The van der Waals surface area contributed by atoms with Gasteiger partial charge in [0.05, 0.1) is 18.3 Å². The maximum Gasteiger partial charge on any atom is 0.410 e. The summed E-state index contributed by atoms with van der Waals surface area (Å²) in [6.45, 7) is 18.6. The number of hydrogen-bond donors (Lipinski definition) is 0. The molecule has 1 aromatic heterocycles. The molecule has 42 heavy (non-hydrogen) atoms. The largest absolute Gasteiger partial charge is 0.491 e. The number of nitrogens with zero attached hydrogens (tertiary/aromatic N) is 4. The van der Waals surface area contributed by atoms with E-state index in [1.54, 1.807) is 11.9 Å². The van der Waals surface area contributed by atoms with Crippen molar-refractivity contribution in [2.24, 2.45) is 0 Å². The number of hydrogen-bond acceptors (Lipinski definition) is 8. The van der Waals surface area contributed by atoms with Crippen molar-refractivity contribution in [2.75, 3.05) is 45.4 Å². The fourth-order valence-corrected chi connectivity index (χ4v) is 5.87. The first-order valence-corrected chi connectivity index (χ1v) is 17.9. The fraction of sp³-hybridized carbons (Fsp3) is 0.645. The molecule has 1 aliphatic rings. The first kappa shape index (κ1) is 34.1. The highest BCUT2D eigenvalue weighted by atomic mass is 35.5. The molecule has 1 unspecified atom stereocenters. The van der Waals surface area contributed by atoms with Crippen molar-refractivity contribution in [3.8, 4) is 17.0 Å². The number of amides is 1. The molecule has 1 amide bonds. The Labute approximate surface area is 258 Å². The number of ether oxygens (including phenoxy) is 3. The Bertz CT molecular complexity index is 1190. The van der Waals surface area contributed by atoms with Gasteiger partial charge in [0.1, 0.15) is 23.8 Å². The highest BCUT2D eigenvalue weighted by Crippen LogP contribution is 2.37. The summed E-state index contributed by atoms with van der Waals surface area (Å²) in [6.07, 6.45) is 1.14. The van der Waals surface area contributed by atoms with Gasteiger partial charge in [-0.15, -0.1) is 0 Å². The molecule has 2 heterocycles. The van der Waals surface area contributed by atoms with E-state index in [4.69, 9.17) is 30.2 Å². The zero-order chi connectivity index (χ0) is 31.3. The van der Waals surface area contributed by atoms with Crippen molar-refractivity contribution in [1.29, 1.82) is 0 Å². The number of benzene rings is 1. The minimum Gasteiger partial charge on any atom is -0.491 e. The van der Waals surface area contributed by atoms with E-state index in [0.29, 0.717) is 24.0 Å². The maximum absolute atomic E-state index is 12.7. The van der Waals surface area contributed by atoms with Crippen LogP contribution in [0.25, 0.3) is 11.3 Å². The second-order valence-corrected chi connectivity index (χ2v) is 18.6. The molecule has 0 spiro atoms. The van der Waals surface area contributed by atoms with Crippen molar-refractivity contribution in [2.45, 2.75) is 90.3 Å². The van der Waals surface area contributed by atoms with Gasteiger partial charge in [0, 0.05) is 45.0 Å². The predicted octanol–water partition coefficient (Wildman–Crippen LogP) is 7.05. The molecule has 1 aliphatic heterocycles. The lowest BCUT2D eigenvalue weighted by molar-refractivity contribution is 0.0172. The van der Waals surface area contributed by atoms with Crippen molar-refractivity contribution in [3.63, 3.8) is 0 Å². The first-order valence-electron chi connectivity index (χ1n) is 14.7. The van der Waals surface area contributed by atoms with Gasteiger partial charge in [0.2, 0.25) is 5.28 Å². The molecule has 2 aromatic rings. The number of halogens is 1. The van der Waals surface area contributed by atoms with Crippen molar-refractivity contribution < 1.29 is 23.4 Å². The van der Waals surface area contributed by atoms with Gasteiger partial charge in [0.15, 0.2) is 8.32 Å². The van der Waals surface area contributed by atoms with Crippen LogP contribution in [-0.4, -0.2) is 87.5 Å². The fourth-order valence-electron chi connectivity index (χ4n) is 4.37. The van der Waals surface area contributed by atoms with Crippen LogP contribution in [0.2, 0.25) is 23.4 Å². The molecule has 1 atom stereocenters. The molecule has 3 rings (SSSR count). The van der Waals surface area contributed by atoms with E-state index >= 15 is 0 Å². The van der Waals surface area contributed by atoms with Gasteiger partial charge in [-0.1, -0.05) is 32.9 Å². The van der Waals surface area contributed by atoms with E-state index in [1.165, 1.54) is 0 Å². The zero-order valence-electron chi connectivity index (χ0n) is 27.0. The Morgan fingerprint density at radius 2 is 1.76 bits per heavy atom. The average Bonchev–Trinajstić information content (AvgIpc) is 2.90. The van der Waals surface area contributed by atoms with E-state index in [9.17, 15) is 4.79 Å². The number of likely N-dealkylation sites (N-methyl/N-ethyl adjacent to an activating group) is 1. The second-order valence-electron chi connectivity index (χ2n) is 13.5. The van der Waals surface area contributed by atoms with Gasteiger partial charge in [-0.2, -0.15) is 0 Å². The number of aromatic nitrogens is 2. The normalized spacial score (nSPS) is 15.7. The van der Waals surface area contributed by atoms with Gasteiger partial charge >= 0.3 is 6.09 Å². The SMILES string of the molecule is CN(CC(COc1cccc(-c2cc(N(C)C3CCOCC3)nc(Cl)n2)c1)O[Si](C)(C)C(C)(C)C)C(=O)OC(C)(C)C. The quantitative estimate of drug-likeness (QED) is 0.206. The van der Waals surface area contributed by atoms with E-state index in [1.807, 2.05) is 58.2 Å². The van der Waals surface area contributed by atoms with Crippen LogP contribution in [0.15, 0.2) is 30.3 Å². The van der Waals surface area contributed by atoms with Crippen molar-refractivity contribution in [1.82, 2.24) is 14.9 Å². The molecular weight excluding hydrogens is 572 g/mol. The monoisotopic (exact) mass is 620 g/mol. The van der Waals surface area contributed by atoms with Crippen LogP contribution in [0.1, 0.15) is 54.4 Å².